The van der Waals surface area contributed by atoms with Gasteiger partial charge in [-0.05, 0) is 47.0 Å². The zero-order chi connectivity index (χ0) is 21.4. The molecule has 158 valence electrons. The maximum absolute atomic E-state index is 13.4. The van der Waals surface area contributed by atoms with Crippen LogP contribution in [0, 0.1) is 5.82 Å². The number of piperazine rings is 1. The van der Waals surface area contributed by atoms with Crippen LogP contribution in [0.2, 0.25) is 0 Å². The van der Waals surface area contributed by atoms with Crippen LogP contribution in [0.3, 0.4) is 0 Å². The van der Waals surface area contributed by atoms with Gasteiger partial charge >= 0.3 is 6.03 Å². The lowest BCUT2D eigenvalue weighted by atomic mass is 9.74. The number of halogens is 1. The van der Waals surface area contributed by atoms with E-state index in [0.29, 0.717) is 24.7 Å². The topological polar surface area (TPSA) is 53.6 Å². The Morgan fingerprint density at radius 3 is 2.26 bits per heavy atom. The second-order valence-electron chi connectivity index (χ2n) is 8.10. The highest BCUT2D eigenvalue weighted by Crippen LogP contribution is 2.37. The van der Waals surface area contributed by atoms with Crippen molar-refractivity contribution in [1.82, 2.24) is 10.2 Å². The summed E-state index contributed by atoms with van der Waals surface area (Å²) in [6, 6.07) is 23.0. The maximum Gasteiger partial charge on any atom is 0.321 e. The van der Waals surface area contributed by atoms with Crippen molar-refractivity contribution in [3.05, 3.63) is 84.2 Å². The van der Waals surface area contributed by atoms with Crippen LogP contribution in [0.15, 0.2) is 72.8 Å². The molecule has 3 fully saturated rings. The third-order valence-corrected chi connectivity index (χ3v) is 6.21. The summed E-state index contributed by atoms with van der Waals surface area (Å²) < 4.78 is 18.6. The van der Waals surface area contributed by atoms with E-state index >= 15 is 0 Å². The van der Waals surface area contributed by atoms with E-state index in [1.165, 1.54) is 23.3 Å². The van der Waals surface area contributed by atoms with Crippen LogP contribution in [0.25, 0.3) is 11.1 Å². The van der Waals surface area contributed by atoms with Crippen molar-refractivity contribution in [2.45, 2.75) is 18.0 Å². The normalized spacial score (nSPS) is 21.9. The number of methoxy groups -OCH3 is 1. The van der Waals surface area contributed by atoms with E-state index in [4.69, 9.17) is 4.74 Å². The van der Waals surface area contributed by atoms with Gasteiger partial charge in [0.1, 0.15) is 11.6 Å². The van der Waals surface area contributed by atoms with E-state index < -0.39 is 0 Å². The number of benzene rings is 3. The van der Waals surface area contributed by atoms with E-state index in [-0.39, 0.29) is 23.9 Å². The molecule has 3 aromatic carbocycles. The first-order valence-electron chi connectivity index (χ1n) is 10.4. The molecule has 6 heteroatoms. The van der Waals surface area contributed by atoms with Crippen LogP contribution in [0.4, 0.5) is 14.9 Å². The fourth-order valence-corrected chi connectivity index (χ4v) is 4.61. The Hall–Kier alpha value is -3.38. The number of urea groups is 1. The first-order chi connectivity index (χ1) is 15.1. The molecule has 3 aromatic rings. The zero-order valence-corrected chi connectivity index (χ0v) is 17.2. The maximum atomic E-state index is 13.4. The molecule has 2 N–H and O–H groups in total. The van der Waals surface area contributed by atoms with Crippen LogP contribution in [0.1, 0.15) is 11.5 Å². The van der Waals surface area contributed by atoms with Gasteiger partial charge in [0.05, 0.1) is 7.11 Å². The highest BCUT2D eigenvalue weighted by Gasteiger charge is 2.48. The molecule has 3 heterocycles. The Bertz CT molecular complexity index is 1070. The first-order valence-corrected chi connectivity index (χ1v) is 10.4. The summed E-state index contributed by atoms with van der Waals surface area (Å²) in [6.07, 6.45) is 0. The summed E-state index contributed by atoms with van der Waals surface area (Å²) in [5.41, 5.74) is 4.08. The van der Waals surface area contributed by atoms with Crippen LogP contribution in [-0.2, 0) is 0 Å². The minimum absolute atomic E-state index is 0.185. The molecule has 5 nitrogen and oxygen atoms in total. The lowest BCUT2D eigenvalue weighted by Gasteiger charge is -2.54. The van der Waals surface area contributed by atoms with E-state index in [1.807, 2.05) is 12.1 Å². The van der Waals surface area contributed by atoms with E-state index in [9.17, 15) is 9.18 Å². The molecule has 31 heavy (non-hydrogen) atoms. The summed E-state index contributed by atoms with van der Waals surface area (Å²) in [5.74, 6) is 0.877. The smallest absolute Gasteiger partial charge is 0.321 e. The number of anilines is 1. The van der Waals surface area contributed by atoms with Crippen molar-refractivity contribution in [1.29, 1.82) is 0 Å². The van der Waals surface area contributed by atoms with E-state index in [0.717, 1.165) is 11.3 Å². The minimum atomic E-state index is -0.362. The molecule has 0 aliphatic carbocycles. The number of amides is 2. The number of carbonyl (C=O) groups excluding carboxylic acids is 1. The van der Waals surface area contributed by atoms with E-state index in [1.54, 1.807) is 24.1 Å². The summed E-state index contributed by atoms with van der Waals surface area (Å²) in [4.78, 5) is 14.4. The fraction of sp³-hybridized carbons (Fsp3) is 0.240. The second-order valence-corrected chi connectivity index (χ2v) is 8.10. The predicted octanol–water partition coefficient (Wildman–Crippen LogP) is 4.47. The van der Waals surface area contributed by atoms with Crippen LogP contribution >= 0.6 is 0 Å². The molecule has 1 unspecified atom stereocenters. The third kappa shape index (κ3) is 3.86. The molecule has 0 aromatic heterocycles. The van der Waals surface area contributed by atoms with Crippen molar-refractivity contribution in [2.75, 3.05) is 25.5 Å². The number of hydrogen-bond acceptors (Lipinski definition) is 3. The molecular weight excluding hydrogens is 393 g/mol. The van der Waals surface area contributed by atoms with Gasteiger partial charge in [-0.3, -0.25) is 0 Å². The number of nitrogens with zero attached hydrogens (tertiary/aromatic N) is 1. The van der Waals surface area contributed by atoms with Gasteiger partial charge in [0, 0.05) is 36.8 Å². The Morgan fingerprint density at radius 2 is 1.65 bits per heavy atom. The van der Waals surface area contributed by atoms with Gasteiger partial charge in [-0.25, -0.2) is 9.18 Å². The number of hydrogen-bond donors (Lipinski definition) is 2. The minimum Gasteiger partial charge on any atom is -0.497 e. The highest BCUT2D eigenvalue weighted by atomic mass is 19.1. The largest absolute Gasteiger partial charge is 0.497 e. The molecule has 0 spiro atoms. The molecule has 0 radical (unpaired) electrons. The number of ether oxygens (including phenoxy) is 1. The molecule has 3 aliphatic rings. The molecule has 0 saturated carbocycles. The van der Waals surface area contributed by atoms with Crippen molar-refractivity contribution >= 4 is 11.7 Å². The van der Waals surface area contributed by atoms with Crippen molar-refractivity contribution in [2.24, 2.45) is 0 Å². The van der Waals surface area contributed by atoms with Gasteiger partial charge in [0.15, 0.2) is 0 Å². The molecule has 3 saturated heterocycles. The molecule has 2 amide bonds. The molecular formula is C25H24FN3O2. The average molecular weight is 417 g/mol. The van der Waals surface area contributed by atoms with Gasteiger partial charge in [-0.15, -0.1) is 0 Å². The number of fused-ring (bicyclic) bond motifs is 2. The van der Waals surface area contributed by atoms with Gasteiger partial charge in [0.25, 0.3) is 0 Å². The lowest BCUT2D eigenvalue weighted by molar-refractivity contribution is 0.0759. The summed E-state index contributed by atoms with van der Waals surface area (Å²) in [5, 5.41) is 6.34. The average Bonchev–Trinajstić information content (AvgIpc) is 2.80. The van der Waals surface area contributed by atoms with E-state index in [2.05, 4.69) is 47.0 Å². The Balaban J connectivity index is 1.23. The molecule has 3 atom stereocenters. The van der Waals surface area contributed by atoms with Gasteiger partial charge in [-0.1, -0.05) is 42.5 Å². The van der Waals surface area contributed by atoms with Crippen molar-refractivity contribution < 1.29 is 13.9 Å². The predicted molar refractivity (Wildman–Crippen MR) is 119 cm³/mol. The number of rotatable bonds is 4. The standard InChI is InChI=1S/C25H24FN3O2/c1-31-21-11-9-17(10-12-21)16-5-7-18(8-6-16)24-22-14-29(15-23(24)28-22)25(30)27-20-4-2-3-19(26)13-20/h2-13,22-24,28H,14-15H2,1H3,(H,27,30)/t22-,23+,24?. The van der Waals surface area contributed by atoms with Gasteiger partial charge in [-0.2, -0.15) is 0 Å². The number of carbonyl (C=O) groups is 1. The molecule has 6 rings (SSSR count). The quantitative estimate of drug-likeness (QED) is 0.659. The van der Waals surface area contributed by atoms with Crippen LogP contribution in [0.5, 0.6) is 5.75 Å². The molecule has 3 aliphatic heterocycles. The Morgan fingerprint density at radius 1 is 1.00 bits per heavy atom. The summed E-state index contributed by atoms with van der Waals surface area (Å²) >= 11 is 0. The molecule has 2 bridgehead atoms. The number of piperidine rings is 1. The fourth-order valence-electron chi connectivity index (χ4n) is 4.61. The summed E-state index contributed by atoms with van der Waals surface area (Å²) in [7, 11) is 1.67. The van der Waals surface area contributed by atoms with Crippen LogP contribution in [-0.4, -0.2) is 43.2 Å². The highest BCUT2D eigenvalue weighted by molar-refractivity contribution is 5.89. The summed E-state index contributed by atoms with van der Waals surface area (Å²) in [6.45, 7) is 1.26. The Labute approximate surface area is 180 Å². The van der Waals surface area contributed by atoms with Gasteiger partial charge < -0.3 is 20.3 Å². The lowest BCUT2D eigenvalue weighted by Crippen LogP contribution is -2.72. The second kappa shape index (κ2) is 8.04. The first kappa shape index (κ1) is 19.6. The Kier molecular flexibility index (Phi) is 5.08. The zero-order valence-electron chi connectivity index (χ0n) is 17.2. The van der Waals surface area contributed by atoms with Crippen molar-refractivity contribution in [3.8, 4) is 16.9 Å². The van der Waals surface area contributed by atoms with Gasteiger partial charge in [0.2, 0.25) is 0 Å². The van der Waals surface area contributed by atoms with Crippen LogP contribution < -0.4 is 15.4 Å². The van der Waals surface area contributed by atoms with Crippen molar-refractivity contribution in [3.63, 3.8) is 0 Å². The third-order valence-electron chi connectivity index (χ3n) is 6.21. The SMILES string of the molecule is COc1ccc(-c2ccc(C3[C@@H]4CN(C(=O)Nc5cccc(F)c5)C[C@H]3N4)cc2)cc1. The number of nitrogens with one attached hydrogen (secondary N) is 2. The monoisotopic (exact) mass is 417 g/mol.